The van der Waals surface area contributed by atoms with Crippen molar-refractivity contribution >= 4 is 16.9 Å². The summed E-state index contributed by atoms with van der Waals surface area (Å²) in [6, 6.07) is 11.4. The maximum absolute atomic E-state index is 12.1. The average Bonchev–Trinajstić information content (AvgIpc) is 3.12. The predicted molar refractivity (Wildman–Crippen MR) is 105 cm³/mol. The van der Waals surface area contributed by atoms with Crippen LogP contribution in [0.25, 0.3) is 10.9 Å². The molecule has 0 spiro atoms. The smallest absolute Gasteiger partial charge is 0.325 e. The number of fused-ring (bicyclic) bond motifs is 1. The van der Waals surface area contributed by atoms with Crippen LogP contribution in [0, 0.1) is 0 Å². The molecule has 0 radical (unpaired) electrons. The monoisotopic (exact) mass is 364 g/mol. The summed E-state index contributed by atoms with van der Waals surface area (Å²) in [5.41, 5.74) is 3.12. The Morgan fingerprint density at radius 1 is 1.11 bits per heavy atom. The van der Waals surface area contributed by atoms with Crippen LogP contribution < -0.4 is 0 Å². The van der Waals surface area contributed by atoms with E-state index < -0.39 is 12.0 Å². The van der Waals surface area contributed by atoms with Crippen LogP contribution in [0.4, 0.5) is 0 Å². The number of nitrogens with one attached hydrogen (secondary N) is 1. The Morgan fingerprint density at radius 2 is 1.85 bits per heavy atom. The predicted octanol–water partition coefficient (Wildman–Crippen LogP) is 2.55. The molecule has 3 heterocycles. The number of carboxylic acids is 1. The molecule has 27 heavy (non-hydrogen) atoms. The Hall–Kier alpha value is -2.70. The molecule has 4 rings (SSSR count). The number of para-hydroxylation sites is 1. The number of carbonyl (C=O) groups is 1. The molecule has 6 nitrogen and oxygen atoms in total. The van der Waals surface area contributed by atoms with Gasteiger partial charge in [0.1, 0.15) is 6.04 Å². The Balaban J connectivity index is 1.41. The van der Waals surface area contributed by atoms with E-state index in [0.29, 0.717) is 0 Å². The van der Waals surface area contributed by atoms with Crippen LogP contribution in [0.1, 0.15) is 17.2 Å². The summed E-state index contributed by atoms with van der Waals surface area (Å²) in [5.74, 6) is -0.787. The molecule has 6 heteroatoms. The van der Waals surface area contributed by atoms with Gasteiger partial charge < -0.3 is 15.0 Å². The van der Waals surface area contributed by atoms with Crippen LogP contribution >= 0.6 is 0 Å². The topological polar surface area (TPSA) is 72.5 Å². The highest BCUT2D eigenvalue weighted by Gasteiger charge is 2.31. The van der Waals surface area contributed by atoms with Crippen molar-refractivity contribution in [3.8, 4) is 0 Å². The normalized spacial score (nSPS) is 17.2. The first-order valence-electron chi connectivity index (χ1n) is 9.36. The molecule has 3 aromatic rings. The van der Waals surface area contributed by atoms with Crippen LogP contribution in [0.15, 0.2) is 55.0 Å². The lowest BCUT2D eigenvalue weighted by Gasteiger charge is -2.37. The van der Waals surface area contributed by atoms with Crippen molar-refractivity contribution in [3.05, 3.63) is 66.1 Å². The number of rotatable bonds is 6. The largest absolute Gasteiger partial charge is 0.480 e. The van der Waals surface area contributed by atoms with E-state index in [0.717, 1.165) is 55.6 Å². The van der Waals surface area contributed by atoms with Gasteiger partial charge in [0.15, 0.2) is 0 Å². The molecule has 1 aromatic carbocycles. The Kier molecular flexibility index (Phi) is 5.18. The number of carboxylic acid groups (broad SMARTS) is 1. The quantitative estimate of drug-likeness (QED) is 0.703. The Morgan fingerprint density at radius 3 is 2.59 bits per heavy atom. The highest BCUT2D eigenvalue weighted by atomic mass is 16.4. The van der Waals surface area contributed by atoms with E-state index in [2.05, 4.69) is 19.8 Å². The van der Waals surface area contributed by atoms with E-state index >= 15 is 0 Å². The SMILES string of the molecule is O=C(O)C(c1c[nH]c2ccccc12)N1CCN(CCc2ccncc2)CC1. The standard InChI is InChI=1S/C21H24N4O2/c26-21(27)20(18-15-23-19-4-2-1-3-17(18)19)25-13-11-24(12-14-25)10-7-16-5-8-22-9-6-16/h1-6,8-9,15,20,23H,7,10-14H2,(H,26,27). The van der Waals surface area contributed by atoms with Crippen molar-refractivity contribution in [2.75, 3.05) is 32.7 Å². The fourth-order valence-corrected chi connectivity index (χ4v) is 3.89. The van der Waals surface area contributed by atoms with Gasteiger partial charge in [0.25, 0.3) is 0 Å². The van der Waals surface area contributed by atoms with Crippen molar-refractivity contribution in [1.82, 2.24) is 19.8 Å². The molecular formula is C21H24N4O2. The summed E-state index contributed by atoms with van der Waals surface area (Å²) < 4.78 is 0. The summed E-state index contributed by atoms with van der Waals surface area (Å²) in [5, 5.41) is 10.9. The van der Waals surface area contributed by atoms with Gasteiger partial charge in [-0.15, -0.1) is 0 Å². The number of H-pyrrole nitrogens is 1. The molecule has 1 atom stereocenters. The molecule has 140 valence electrons. The molecule has 1 saturated heterocycles. The zero-order valence-corrected chi connectivity index (χ0v) is 15.2. The third kappa shape index (κ3) is 3.86. The second-order valence-electron chi connectivity index (χ2n) is 7.01. The van der Waals surface area contributed by atoms with E-state index in [1.165, 1.54) is 5.56 Å². The van der Waals surface area contributed by atoms with E-state index in [9.17, 15) is 9.90 Å². The molecule has 1 unspecified atom stereocenters. The number of nitrogens with zero attached hydrogens (tertiary/aromatic N) is 3. The number of hydrogen-bond acceptors (Lipinski definition) is 4. The van der Waals surface area contributed by atoms with E-state index in [1.807, 2.05) is 55.0 Å². The number of aromatic nitrogens is 2. The van der Waals surface area contributed by atoms with Gasteiger partial charge in [-0.05, 0) is 30.2 Å². The molecular weight excluding hydrogens is 340 g/mol. The van der Waals surface area contributed by atoms with Crippen LogP contribution in [0.2, 0.25) is 0 Å². The lowest BCUT2D eigenvalue weighted by Crippen LogP contribution is -2.49. The molecule has 0 amide bonds. The maximum atomic E-state index is 12.1. The van der Waals surface area contributed by atoms with Gasteiger partial charge in [-0.25, -0.2) is 0 Å². The summed E-state index contributed by atoms with van der Waals surface area (Å²) in [7, 11) is 0. The molecule has 0 bridgehead atoms. The van der Waals surface area contributed by atoms with Crippen LogP contribution in [0.3, 0.4) is 0 Å². The molecule has 2 aromatic heterocycles. The first kappa shape index (κ1) is 17.7. The number of aromatic amines is 1. The van der Waals surface area contributed by atoms with Gasteiger partial charge in [0.2, 0.25) is 0 Å². The fraction of sp³-hybridized carbons (Fsp3) is 0.333. The van der Waals surface area contributed by atoms with Gasteiger partial charge in [-0.2, -0.15) is 0 Å². The van der Waals surface area contributed by atoms with Crippen molar-refractivity contribution in [2.45, 2.75) is 12.5 Å². The van der Waals surface area contributed by atoms with Gasteiger partial charge in [-0.1, -0.05) is 18.2 Å². The lowest BCUT2D eigenvalue weighted by molar-refractivity contribution is -0.144. The third-order valence-corrected chi connectivity index (χ3v) is 5.39. The fourth-order valence-electron chi connectivity index (χ4n) is 3.89. The lowest BCUT2D eigenvalue weighted by atomic mass is 10.0. The number of piperazine rings is 1. The number of aliphatic carboxylic acids is 1. The highest BCUT2D eigenvalue weighted by molar-refractivity contribution is 5.89. The molecule has 1 aliphatic heterocycles. The molecule has 0 aliphatic carbocycles. The summed E-state index contributed by atoms with van der Waals surface area (Å²) in [6.07, 6.45) is 6.49. The number of hydrogen-bond donors (Lipinski definition) is 2. The summed E-state index contributed by atoms with van der Waals surface area (Å²) >= 11 is 0. The van der Waals surface area contributed by atoms with Crippen LogP contribution in [-0.2, 0) is 11.2 Å². The maximum Gasteiger partial charge on any atom is 0.325 e. The van der Waals surface area contributed by atoms with Gasteiger partial charge >= 0.3 is 5.97 Å². The van der Waals surface area contributed by atoms with Crippen molar-refractivity contribution < 1.29 is 9.90 Å². The summed E-state index contributed by atoms with van der Waals surface area (Å²) in [4.78, 5) is 23.8. The Labute approximate surface area is 158 Å². The second kappa shape index (κ2) is 7.90. The molecule has 1 fully saturated rings. The first-order chi connectivity index (χ1) is 13.2. The van der Waals surface area contributed by atoms with Crippen molar-refractivity contribution in [1.29, 1.82) is 0 Å². The molecule has 1 aliphatic rings. The minimum Gasteiger partial charge on any atom is -0.480 e. The minimum atomic E-state index is -0.787. The number of benzene rings is 1. The average molecular weight is 364 g/mol. The number of pyridine rings is 1. The minimum absolute atomic E-state index is 0.608. The third-order valence-electron chi connectivity index (χ3n) is 5.39. The van der Waals surface area contributed by atoms with Gasteiger partial charge in [0.05, 0.1) is 0 Å². The van der Waals surface area contributed by atoms with Crippen LogP contribution in [0.5, 0.6) is 0 Å². The second-order valence-corrected chi connectivity index (χ2v) is 7.01. The van der Waals surface area contributed by atoms with E-state index in [1.54, 1.807) is 0 Å². The zero-order chi connectivity index (χ0) is 18.6. The van der Waals surface area contributed by atoms with Crippen molar-refractivity contribution in [3.63, 3.8) is 0 Å². The molecule has 0 saturated carbocycles. The van der Waals surface area contributed by atoms with E-state index in [4.69, 9.17) is 0 Å². The van der Waals surface area contributed by atoms with E-state index in [-0.39, 0.29) is 0 Å². The Bertz CT molecular complexity index is 901. The van der Waals surface area contributed by atoms with Gasteiger partial charge in [0, 0.05) is 67.8 Å². The first-order valence-corrected chi connectivity index (χ1v) is 9.36. The van der Waals surface area contributed by atoms with Gasteiger partial charge in [-0.3, -0.25) is 14.7 Å². The summed E-state index contributed by atoms with van der Waals surface area (Å²) in [6.45, 7) is 4.27. The zero-order valence-electron chi connectivity index (χ0n) is 15.2. The van der Waals surface area contributed by atoms with Crippen LogP contribution in [-0.4, -0.2) is 63.6 Å². The molecule has 2 N–H and O–H groups in total. The highest BCUT2D eigenvalue weighted by Crippen LogP contribution is 2.29. The van der Waals surface area contributed by atoms with Crippen molar-refractivity contribution in [2.24, 2.45) is 0 Å².